The average molecular weight is 719 g/mol. The minimum atomic E-state index is 0.785. The molecule has 0 fully saturated rings. The summed E-state index contributed by atoms with van der Waals surface area (Å²) in [5.74, 6) is 1.82. The molecule has 0 aromatic heterocycles. The van der Waals surface area contributed by atoms with Crippen molar-refractivity contribution in [3.8, 4) is 11.5 Å². The van der Waals surface area contributed by atoms with Crippen LogP contribution in [-0.2, 0) is 0 Å². The molecule has 4 nitrogen and oxygen atoms in total. The van der Waals surface area contributed by atoms with Crippen LogP contribution >= 0.6 is 0 Å². The van der Waals surface area contributed by atoms with Gasteiger partial charge in [-0.05, 0) is 61.4 Å². The number of ether oxygens (including phenoxy) is 2. The molecule has 0 bridgehead atoms. The quantitative estimate of drug-likeness (QED) is 0.0512. The van der Waals surface area contributed by atoms with E-state index in [1.165, 1.54) is 193 Å². The maximum Gasteiger partial charge on any atom is 0.119 e. The molecule has 4 heteroatoms. The van der Waals surface area contributed by atoms with Crippen molar-refractivity contribution in [2.24, 2.45) is 10.2 Å². The Bertz CT molecular complexity index is 952. The van der Waals surface area contributed by atoms with E-state index in [2.05, 4.69) is 24.1 Å². The summed E-state index contributed by atoms with van der Waals surface area (Å²) in [5, 5.41) is 8.82. The lowest BCUT2D eigenvalue weighted by atomic mass is 10.0. The topological polar surface area (TPSA) is 43.2 Å². The molecule has 0 radical (unpaired) electrons. The molecule has 0 heterocycles. The summed E-state index contributed by atoms with van der Waals surface area (Å²) in [6, 6.07) is 15.9. The summed E-state index contributed by atoms with van der Waals surface area (Å²) in [6.07, 6.45) is 44.4. The van der Waals surface area contributed by atoms with E-state index in [-0.39, 0.29) is 0 Å². The molecule has 0 aliphatic heterocycles. The smallest absolute Gasteiger partial charge is 0.119 e. The van der Waals surface area contributed by atoms with Gasteiger partial charge in [-0.25, -0.2) is 0 Å². The van der Waals surface area contributed by atoms with Gasteiger partial charge in [0.1, 0.15) is 11.5 Å². The van der Waals surface area contributed by atoms with E-state index in [4.69, 9.17) is 9.47 Å². The normalized spacial score (nSPS) is 11.5. The minimum Gasteiger partial charge on any atom is -0.494 e. The molecule has 0 saturated heterocycles. The average Bonchev–Trinajstić information content (AvgIpc) is 3.17. The fourth-order valence-electron chi connectivity index (χ4n) is 7.01. The van der Waals surface area contributed by atoms with Gasteiger partial charge >= 0.3 is 0 Å². The van der Waals surface area contributed by atoms with Crippen molar-refractivity contribution in [1.29, 1.82) is 0 Å². The Labute approximate surface area is 322 Å². The molecule has 296 valence electrons. The predicted octanol–water partition coefficient (Wildman–Crippen LogP) is 17.4. The minimum absolute atomic E-state index is 0.785. The monoisotopic (exact) mass is 719 g/mol. The van der Waals surface area contributed by atoms with E-state index < -0.39 is 0 Å². The number of benzene rings is 2. The lowest BCUT2D eigenvalue weighted by molar-refractivity contribution is 0.304. The lowest BCUT2D eigenvalue weighted by Gasteiger charge is -2.07. The second kappa shape index (κ2) is 35.7. The van der Waals surface area contributed by atoms with Crippen molar-refractivity contribution >= 4 is 11.4 Å². The fraction of sp³-hybridized carbons (Fsp3) is 0.750. The van der Waals surface area contributed by atoms with Crippen LogP contribution < -0.4 is 9.47 Å². The molecule has 52 heavy (non-hydrogen) atoms. The molecule has 0 amide bonds. The van der Waals surface area contributed by atoms with Gasteiger partial charge in [-0.15, -0.1) is 0 Å². The van der Waals surface area contributed by atoms with Gasteiger partial charge in [-0.3, -0.25) is 0 Å². The molecular weight excluding hydrogens is 637 g/mol. The summed E-state index contributed by atoms with van der Waals surface area (Å²) in [4.78, 5) is 0. The number of nitrogens with zero attached hydrogens (tertiary/aromatic N) is 2. The first kappa shape index (κ1) is 45.8. The third-order valence-electron chi connectivity index (χ3n) is 10.5. The summed E-state index contributed by atoms with van der Waals surface area (Å²) in [6.45, 7) is 6.16. The Kier molecular flexibility index (Phi) is 31.4. The molecule has 2 rings (SSSR count). The Morgan fingerprint density at radius 3 is 0.731 bits per heavy atom. The van der Waals surface area contributed by atoms with Gasteiger partial charge in [-0.1, -0.05) is 206 Å². The van der Waals surface area contributed by atoms with Crippen LogP contribution in [0, 0.1) is 0 Å². The molecule has 2 aromatic carbocycles. The zero-order valence-electron chi connectivity index (χ0n) is 34.4. The molecule has 0 atom stereocenters. The SMILES string of the molecule is CCCCCCCCCCCCCCCCCCOc1ccc(N=Nc2ccc(OCCCCCCCCCCCCCCCCCC)cc2)cc1. The molecule has 0 N–H and O–H groups in total. The first-order chi connectivity index (χ1) is 25.8. The number of hydrogen-bond donors (Lipinski definition) is 0. The standard InChI is InChI=1S/C48H82N2O2/c1-3-5-7-9-11-13-15-17-19-21-23-25-27-29-31-33-43-51-47-39-35-45(36-40-47)49-50-46-37-41-48(42-38-46)52-44-34-32-30-28-26-24-22-20-18-16-14-12-10-8-6-4-2/h35-42H,3-34,43-44H2,1-2H3. The Morgan fingerprint density at radius 2 is 0.500 bits per heavy atom. The Morgan fingerprint density at radius 1 is 0.288 bits per heavy atom. The number of rotatable bonds is 38. The summed E-state index contributed by atoms with van der Waals surface area (Å²) in [7, 11) is 0. The highest BCUT2D eigenvalue weighted by Gasteiger charge is 2.00. The maximum atomic E-state index is 5.97. The van der Waals surface area contributed by atoms with Gasteiger partial charge in [0.15, 0.2) is 0 Å². The third-order valence-corrected chi connectivity index (χ3v) is 10.5. The van der Waals surface area contributed by atoms with Crippen molar-refractivity contribution < 1.29 is 9.47 Å². The molecule has 0 spiro atoms. The van der Waals surface area contributed by atoms with E-state index in [0.717, 1.165) is 48.9 Å². The zero-order chi connectivity index (χ0) is 36.8. The predicted molar refractivity (Wildman–Crippen MR) is 227 cm³/mol. The Hall–Kier alpha value is -2.36. The lowest BCUT2D eigenvalue weighted by Crippen LogP contribution is -1.97. The fourth-order valence-corrected chi connectivity index (χ4v) is 7.01. The van der Waals surface area contributed by atoms with Crippen LogP contribution in [0.1, 0.15) is 219 Å². The van der Waals surface area contributed by atoms with Gasteiger partial charge in [-0.2, -0.15) is 10.2 Å². The largest absolute Gasteiger partial charge is 0.494 e. The van der Waals surface area contributed by atoms with Crippen molar-refractivity contribution in [1.82, 2.24) is 0 Å². The molecule has 0 saturated carbocycles. The Balaban J connectivity index is 1.38. The van der Waals surface area contributed by atoms with Crippen molar-refractivity contribution in [3.63, 3.8) is 0 Å². The molecule has 0 unspecified atom stereocenters. The van der Waals surface area contributed by atoms with Crippen LogP contribution in [0.15, 0.2) is 58.8 Å². The molecule has 0 aliphatic carbocycles. The second-order valence-electron chi connectivity index (χ2n) is 15.5. The van der Waals surface area contributed by atoms with E-state index in [1.807, 2.05) is 48.5 Å². The van der Waals surface area contributed by atoms with Crippen molar-refractivity contribution in [2.75, 3.05) is 13.2 Å². The summed E-state index contributed by atoms with van der Waals surface area (Å²) < 4.78 is 11.9. The van der Waals surface area contributed by atoms with Gasteiger partial charge in [0.05, 0.1) is 24.6 Å². The first-order valence-corrected chi connectivity index (χ1v) is 22.7. The van der Waals surface area contributed by atoms with Crippen LogP contribution in [0.25, 0.3) is 0 Å². The van der Waals surface area contributed by atoms with Crippen molar-refractivity contribution in [2.45, 2.75) is 219 Å². The number of unbranched alkanes of at least 4 members (excludes halogenated alkanes) is 30. The molecule has 2 aromatic rings. The molecule has 0 aliphatic rings. The van der Waals surface area contributed by atoms with Gasteiger partial charge < -0.3 is 9.47 Å². The maximum absolute atomic E-state index is 5.97. The van der Waals surface area contributed by atoms with E-state index >= 15 is 0 Å². The van der Waals surface area contributed by atoms with E-state index in [0.29, 0.717) is 0 Å². The third kappa shape index (κ3) is 28.2. The second-order valence-corrected chi connectivity index (χ2v) is 15.5. The van der Waals surface area contributed by atoms with E-state index in [1.54, 1.807) is 0 Å². The highest BCUT2D eigenvalue weighted by atomic mass is 16.5. The van der Waals surface area contributed by atoms with Crippen molar-refractivity contribution in [3.05, 3.63) is 48.5 Å². The van der Waals surface area contributed by atoms with Crippen LogP contribution in [0.5, 0.6) is 11.5 Å². The number of azo groups is 1. The van der Waals surface area contributed by atoms with Gasteiger partial charge in [0.2, 0.25) is 0 Å². The highest BCUT2D eigenvalue weighted by Crippen LogP contribution is 2.24. The van der Waals surface area contributed by atoms with Gasteiger partial charge in [0, 0.05) is 0 Å². The summed E-state index contributed by atoms with van der Waals surface area (Å²) >= 11 is 0. The van der Waals surface area contributed by atoms with Gasteiger partial charge in [0.25, 0.3) is 0 Å². The highest BCUT2D eigenvalue weighted by molar-refractivity contribution is 5.44. The van der Waals surface area contributed by atoms with Crippen LogP contribution in [0.2, 0.25) is 0 Å². The van der Waals surface area contributed by atoms with Crippen LogP contribution in [-0.4, -0.2) is 13.2 Å². The summed E-state index contributed by atoms with van der Waals surface area (Å²) in [5.41, 5.74) is 1.66. The molecular formula is C48H82N2O2. The number of hydrogen-bond acceptors (Lipinski definition) is 4. The van der Waals surface area contributed by atoms with E-state index in [9.17, 15) is 0 Å². The zero-order valence-corrected chi connectivity index (χ0v) is 34.4. The first-order valence-electron chi connectivity index (χ1n) is 22.7. The van der Waals surface area contributed by atoms with Crippen LogP contribution in [0.3, 0.4) is 0 Å². The van der Waals surface area contributed by atoms with Crippen LogP contribution in [0.4, 0.5) is 11.4 Å².